The van der Waals surface area contributed by atoms with Crippen LogP contribution >= 0.6 is 0 Å². The minimum Gasteiger partial charge on any atom is -0.496 e. The number of hydrogen-bond acceptors (Lipinski definition) is 4. The number of ether oxygens (including phenoxy) is 1. The van der Waals surface area contributed by atoms with E-state index in [9.17, 15) is 13.2 Å². The summed E-state index contributed by atoms with van der Waals surface area (Å²) in [5, 5.41) is 5.01. The zero-order valence-electron chi connectivity index (χ0n) is 17.5. The van der Waals surface area contributed by atoms with Crippen molar-refractivity contribution in [2.75, 3.05) is 25.5 Å². The van der Waals surface area contributed by atoms with Gasteiger partial charge in [0.2, 0.25) is 15.9 Å². The zero-order chi connectivity index (χ0) is 21.8. The number of rotatable bonds is 7. The number of benzene rings is 3. The number of anilines is 1. The van der Waals surface area contributed by atoms with Crippen LogP contribution in [0.2, 0.25) is 0 Å². The highest BCUT2D eigenvalue weighted by Crippen LogP contribution is 2.28. The van der Waals surface area contributed by atoms with Crippen LogP contribution in [0.15, 0.2) is 65.6 Å². The fourth-order valence-electron chi connectivity index (χ4n) is 3.98. The number of sulfonamides is 1. The molecule has 0 unspecified atom stereocenters. The molecule has 1 aliphatic rings. The molecule has 1 amide bonds. The normalized spacial score (nSPS) is 14.6. The lowest BCUT2D eigenvalue weighted by Gasteiger charge is -2.17. The number of fused-ring (bicyclic) bond motifs is 1. The predicted octanol–water partition coefficient (Wildman–Crippen LogP) is 4.20. The molecule has 1 saturated heterocycles. The Bertz CT molecular complexity index is 1200. The highest BCUT2D eigenvalue weighted by atomic mass is 32.2. The highest BCUT2D eigenvalue weighted by Gasteiger charge is 2.27. The number of carbonyl (C=O) groups excluding carboxylic acids is 1. The third kappa shape index (κ3) is 4.57. The Labute approximate surface area is 182 Å². The van der Waals surface area contributed by atoms with Gasteiger partial charge in [-0.1, -0.05) is 36.4 Å². The monoisotopic (exact) mass is 438 g/mol. The van der Waals surface area contributed by atoms with Crippen molar-refractivity contribution in [2.24, 2.45) is 0 Å². The lowest BCUT2D eigenvalue weighted by molar-refractivity contribution is -0.116. The lowest BCUT2D eigenvalue weighted by atomic mass is 10.1. The minimum absolute atomic E-state index is 0.133. The summed E-state index contributed by atoms with van der Waals surface area (Å²) in [4.78, 5) is 12.9. The average Bonchev–Trinajstić information content (AvgIpc) is 3.34. The minimum atomic E-state index is -3.52. The molecule has 1 aliphatic heterocycles. The van der Waals surface area contributed by atoms with Crippen LogP contribution in [0.3, 0.4) is 0 Å². The highest BCUT2D eigenvalue weighted by molar-refractivity contribution is 7.89. The molecule has 7 heteroatoms. The number of amides is 1. The summed E-state index contributed by atoms with van der Waals surface area (Å²) in [6.45, 7) is 1.11. The zero-order valence-corrected chi connectivity index (χ0v) is 18.3. The maximum Gasteiger partial charge on any atom is 0.243 e. The number of aryl methyl sites for hydroxylation is 1. The molecule has 0 aliphatic carbocycles. The molecule has 1 N–H and O–H groups in total. The topological polar surface area (TPSA) is 75.7 Å². The maximum absolute atomic E-state index is 12.9. The maximum atomic E-state index is 12.9. The van der Waals surface area contributed by atoms with E-state index in [1.54, 1.807) is 25.3 Å². The van der Waals surface area contributed by atoms with Gasteiger partial charge in [0.1, 0.15) is 5.75 Å². The summed E-state index contributed by atoms with van der Waals surface area (Å²) in [7, 11) is -1.98. The Balaban J connectivity index is 1.50. The van der Waals surface area contributed by atoms with Crippen molar-refractivity contribution in [1.29, 1.82) is 0 Å². The van der Waals surface area contributed by atoms with Crippen LogP contribution < -0.4 is 10.1 Å². The van der Waals surface area contributed by atoms with Gasteiger partial charge in [0.15, 0.2) is 0 Å². The van der Waals surface area contributed by atoms with Crippen LogP contribution in [0.25, 0.3) is 10.8 Å². The third-order valence-electron chi connectivity index (χ3n) is 5.64. The summed E-state index contributed by atoms with van der Waals surface area (Å²) < 4.78 is 32.7. The second-order valence-electron chi connectivity index (χ2n) is 7.66. The molecule has 3 aromatic rings. The molecule has 1 fully saturated rings. The van der Waals surface area contributed by atoms with Crippen LogP contribution in [-0.4, -0.2) is 38.8 Å². The fraction of sp³-hybridized carbons (Fsp3) is 0.292. The molecule has 1 heterocycles. The summed E-state index contributed by atoms with van der Waals surface area (Å²) in [5.41, 5.74) is 1.47. The number of nitrogens with one attached hydrogen (secondary N) is 1. The predicted molar refractivity (Wildman–Crippen MR) is 122 cm³/mol. The van der Waals surface area contributed by atoms with Crippen molar-refractivity contribution in [3.8, 4) is 5.75 Å². The van der Waals surface area contributed by atoms with Crippen LogP contribution in [0, 0.1) is 0 Å². The molecule has 0 spiro atoms. The number of hydrogen-bond donors (Lipinski definition) is 1. The Morgan fingerprint density at radius 1 is 1.03 bits per heavy atom. The molecule has 4 rings (SSSR count). The van der Waals surface area contributed by atoms with Gasteiger partial charge in [-0.3, -0.25) is 4.79 Å². The molecule has 162 valence electrons. The average molecular weight is 439 g/mol. The molecule has 6 nitrogen and oxygen atoms in total. The molecule has 0 bridgehead atoms. The van der Waals surface area contributed by atoms with Gasteiger partial charge in [0, 0.05) is 30.6 Å². The third-order valence-corrected chi connectivity index (χ3v) is 7.53. The Hall–Kier alpha value is -2.90. The van der Waals surface area contributed by atoms with Crippen molar-refractivity contribution in [1.82, 2.24) is 4.31 Å². The van der Waals surface area contributed by atoms with Gasteiger partial charge in [-0.2, -0.15) is 4.31 Å². The molecule has 31 heavy (non-hydrogen) atoms. The van der Waals surface area contributed by atoms with Crippen LogP contribution in [0.4, 0.5) is 5.69 Å². The Morgan fingerprint density at radius 2 is 1.77 bits per heavy atom. The van der Waals surface area contributed by atoms with Crippen molar-refractivity contribution in [2.45, 2.75) is 30.6 Å². The first-order chi connectivity index (χ1) is 15.0. The second kappa shape index (κ2) is 9.08. The lowest BCUT2D eigenvalue weighted by Crippen LogP contribution is -2.28. The van der Waals surface area contributed by atoms with Crippen LogP contribution in [0.5, 0.6) is 5.75 Å². The number of carbonyl (C=O) groups is 1. The summed E-state index contributed by atoms with van der Waals surface area (Å²) in [5.74, 6) is 0.449. The summed E-state index contributed by atoms with van der Waals surface area (Å²) >= 11 is 0. The van der Waals surface area contributed by atoms with Gasteiger partial charge in [0.25, 0.3) is 0 Å². The van der Waals surface area contributed by atoms with Gasteiger partial charge in [0.05, 0.1) is 12.0 Å². The second-order valence-corrected chi connectivity index (χ2v) is 9.60. The fourth-order valence-corrected chi connectivity index (χ4v) is 5.55. The first-order valence-electron chi connectivity index (χ1n) is 10.4. The first-order valence-corrected chi connectivity index (χ1v) is 11.9. The number of nitrogens with zero attached hydrogens (tertiary/aromatic N) is 1. The molecule has 0 radical (unpaired) electrons. The van der Waals surface area contributed by atoms with Crippen molar-refractivity contribution >= 4 is 32.4 Å². The largest absolute Gasteiger partial charge is 0.496 e. The van der Waals surface area contributed by atoms with Crippen molar-refractivity contribution in [3.63, 3.8) is 0 Å². The van der Waals surface area contributed by atoms with E-state index in [0.29, 0.717) is 30.8 Å². The number of methoxy groups -OCH3 is 1. The van der Waals surface area contributed by atoms with Crippen molar-refractivity contribution < 1.29 is 17.9 Å². The van der Waals surface area contributed by atoms with E-state index < -0.39 is 10.0 Å². The van der Waals surface area contributed by atoms with Crippen LogP contribution in [-0.2, 0) is 21.2 Å². The molecule has 3 aromatic carbocycles. The molecule has 0 saturated carbocycles. The smallest absolute Gasteiger partial charge is 0.243 e. The molecule has 0 atom stereocenters. The van der Waals surface area contributed by atoms with E-state index in [0.717, 1.165) is 29.3 Å². The summed E-state index contributed by atoms with van der Waals surface area (Å²) in [6, 6.07) is 18.5. The van der Waals surface area contributed by atoms with Gasteiger partial charge >= 0.3 is 0 Å². The SMILES string of the molecule is COc1ccc(S(=O)(=O)N2CCCC2)cc1CCC(=O)Nc1cccc2ccccc12. The quantitative estimate of drug-likeness (QED) is 0.600. The van der Waals surface area contributed by atoms with E-state index in [1.165, 1.54) is 4.31 Å². The van der Waals surface area contributed by atoms with Crippen molar-refractivity contribution in [3.05, 3.63) is 66.2 Å². The van der Waals surface area contributed by atoms with E-state index in [-0.39, 0.29) is 17.2 Å². The van der Waals surface area contributed by atoms with Gasteiger partial charge < -0.3 is 10.1 Å². The Morgan fingerprint density at radius 3 is 2.55 bits per heavy atom. The van der Waals surface area contributed by atoms with E-state index in [2.05, 4.69) is 5.32 Å². The van der Waals surface area contributed by atoms with E-state index in [4.69, 9.17) is 4.74 Å². The van der Waals surface area contributed by atoms with Crippen LogP contribution in [0.1, 0.15) is 24.8 Å². The molecular weight excluding hydrogens is 412 g/mol. The van der Waals surface area contributed by atoms with Gasteiger partial charge in [-0.25, -0.2) is 8.42 Å². The standard InChI is InChI=1S/C24H26N2O4S/c1-30-23-13-12-20(31(28,29)26-15-4-5-16-26)17-19(23)11-14-24(27)25-22-10-6-8-18-7-2-3-9-21(18)22/h2-3,6-10,12-13,17H,4-5,11,14-16H2,1H3,(H,25,27). The van der Waals surface area contributed by atoms with Gasteiger partial charge in [-0.05, 0) is 54.5 Å². The Kier molecular flexibility index (Phi) is 6.25. The van der Waals surface area contributed by atoms with E-state index >= 15 is 0 Å². The molecular formula is C24H26N2O4S. The van der Waals surface area contributed by atoms with E-state index in [1.807, 2.05) is 42.5 Å². The van der Waals surface area contributed by atoms with Gasteiger partial charge in [-0.15, -0.1) is 0 Å². The summed E-state index contributed by atoms with van der Waals surface area (Å²) in [6.07, 6.45) is 2.36. The molecule has 0 aromatic heterocycles. The first kappa shape index (κ1) is 21.3.